The summed E-state index contributed by atoms with van der Waals surface area (Å²) >= 11 is 0. The van der Waals surface area contributed by atoms with E-state index in [1.54, 1.807) is 18.2 Å². The van der Waals surface area contributed by atoms with E-state index in [-0.39, 0.29) is 25.7 Å². The first-order valence-corrected chi connectivity index (χ1v) is 11.3. The maximum absolute atomic E-state index is 12.2. The van der Waals surface area contributed by atoms with E-state index in [4.69, 9.17) is 14.2 Å². The van der Waals surface area contributed by atoms with Crippen molar-refractivity contribution in [2.75, 3.05) is 33.0 Å². The average Bonchev–Trinajstić information content (AvgIpc) is 3.20. The van der Waals surface area contributed by atoms with Gasteiger partial charge in [0.05, 0.1) is 26.4 Å². The summed E-state index contributed by atoms with van der Waals surface area (Å²) in [6.45, 7) is 1.33. The highest BCUT2D eigenvalue weighted by molar-refractivity contribution is 5.79. The van der Waals surface area contributed by atoms with Crippen LogP contribution in [0.15, 0.2) is 66.7 Å². The van der Waals surface area contributed by atoms with E-state index in [1.165, 1.54) is 22.3 Å². The van der Waals surface area contributed by atoms with Crippen LogP contribution in [-0.2, 0) is 22.7 Å². The number of benzene rings is 3. The van der Waals surface area contributed by atoms with Crippen molar-refractivity contribution in [3.63, 3.8) is 0 Å². The second-order valence-corrected chi connectivity index (χ2v) is 8.01. The molecule has 0 fully saturated rings. The number of fused-ring (bicyclic) bond motifs is 3. The highest BCUT2D eigenvalue weighted by atomic mass is 16.6. The zero-order valence-electron chi connectivity index (χ0n) is 18.9. The Kier molecular flexibility index (Phi) is 8.14. The van der Waals surface area contributed by atoms with Crippen molar-refractivity contribution in [2.45, 2.75) is 19.1 Å². The minimum atomic E-state index is -0.473. The third-order valence-corrected chi connectivity index (χ3v) is 5.75. The van der Waals surface area contributed by atoms with Gasteiger partial charge in [-0.1, -0.05) is 54.6 Å². The van der Waals surface area contributed by atoms with Crippen molar-refractivity contribution in [3.8, 4) is 16.9 Å². The maximum Gasteiger partial charge on any atom is 0.407 e. The Bertz CT molecular complexity index is 1050. The number of aliphatic hydroxyl groups excluding tert-OH is 2. The third-order valence-electron chi connectivity index (χ3n) is 5.75. The summed E-state index contributed by atoms with van der Waals surface area (Å²) in [4.78, 5) is 12.2. The van der Waals surface area contributed by atoms with E-state index in [9.17, 15) is 15.0 Å². The molecule has 0 heterocycles. The summed E-state index contributed by atoms with van der Waals surface area (Å²) in [7, 11) is 0. The van der Waals surface area contributed by atoms with Gasteiger partial charge in [-0.3, -0.25) is 0 Å². The van der Waals surface area contributed by atoms with Crippen molar-refractivity contribution in [2.24, 2.45) is 0 Å². The summed E-state index contributed by atoms with van der Waals surface area (Å²) in [5, 5.41) is 21.3. The van der Waals surface area contributed by atoms with Gasteiger partial charge in [0, 0.05) is 12.5 Å². The topological polar surface area (TPSA) is 97.3 Å². The molecule has 7 heteroatoms. The molecule has 1 aliphatic rings. The molecule has 0 aliphatic heterocycles. The summed E-state index contributed by atoms with van der Waals surface area (Å²) in [6, 6.07) is 21.6. The molecule has 3 aromatic rings. The minimum Gasteiger partial charge on any atom is -0.491 e. The number of carbonyl (C=O) groups excluding carboxylic acids is 1. The van der Waals surface area contributed by atoms with E-state index >= 15 is 0 Å². The smallest absolute Gasteiger partial charge is 0.407 e. The van der Waals surface area contributed by atoms with Gasteiger partial charge in [0.2, 0.25) is 0 Å². The van der Waals surface area contributed by atoms with Crippen molar-refractivity contribution >= 4 is 6.09 Å². The molecule has 0 unspecified atom stereocenters. The van der Waals surface area contributed by atoms with E-state index < -0.39 is 6.09 Å². The first kappa shape index (κ1) is 23.8. The standard InChI is InChI=1S/C27H29NO6/c29-16-19-13-20(17-30)15-21(14-19)33-12-11-32-10-9-28-27(31)34-18-26-24-7-3-1-5-22(24)23-6-2-4-8-25(23)26/h1-8,13-15,26,29-30H,9-12,16-18H2,(H,28,31). The van der Waals surface area contributed by atoms with Crippen LogP contribution in [0.4, 0.5) is 4.79 Å². The molecule has 1 aliphatic carbocycles. The lowest BCUT2D eigenvalue weighted by Crippen LogP contribution is -2.29. The Hall–Kier alpha value is -3.39. The van der Waals surface area contributed by atoms with Crippen LogP contribution in [-0.4, -0.2) is 49.3 Å². The number of hydrogen-bond donors (Lipinski definition) is 3. The quantitative estimate of drug-likeness (QED) is 0.376. The lowest BCUT2D eigenvalue weighted by molar-refractivity contribution is 0.0970. The van der Waals surface area contributed by atoms with Crippen molar-refractivity contribution in [3.05, 3.63) is 89.0 Å². The van der Waals surface area contributed by atoms with Crippen molar-refractivity contribution < 1.29 is 29.2 Å². The fourth-order valence-corrected chi connectivity index (χ4v) is 4.19. The van der Waals surface area contributed by atoms with Crippen LogP contribution >= 0.6 is 0 Å². The van der Waals surface area contributed by atoms with Gasteiger partial charge in [0.25, 0.3) is 0 Å². The summed E-state index contributed by atoms with van der Waals surface area (Å²) in [6.07, 6.45) is -0.473. The SMILES string of the molecule is O=C(NCCOCCOc1cc(CO)cc(CO)c1)OCC1c2ccccc2-c2ccccc21. The van der Waals surface area contributed by atoms with Crippen LogP contribution < -0.4 is 10.1 Å². The molecule has 0 bridgehead atoms. The molecule has 3 aromatic carbocycles. The van der Waals surface area contributed by atoms with Crippen LogP contribution in [0.1, 0.15) is 28.2 Å². The number of amides is 1. The van der Waals surface area contributed by atoms with Gasteiger partial charge in [-0.25, -0.2) is 4.79 Å². The summed E-state index contributed by atoms with van der Waals surface area (Å²) in [5.41, 5.74) is 6.09. The lowest BCUT2D eigenvalue weighted by Gasteiger charge is -2.14. The predicted octanol–water partition coefficient (Wildman–Crippen LogP) is 3.61. The maximum atomic E-state index is 12.2. The molecule has 0 aromatic heterocycles. The number of rotatable bonds is 11. The Balaban J connectivity index is 1.14. The van der Waals surface area contributed by atoms with E-state index in [0.29, 0.717) is 43.2 Å². The van der Waals surface area contributed by atoms with Gasteiger partial charge < -0.3 is 29.7 Å². The largest absolute Gasteiger partial charge is 0.491 e. The molecule has 7 nitrogen and oxygen atoms in total. The Labute approximate surface area is 198 Å². The van der Waals surface area contributed by atoms with Crippen molar-refractivity contribution in [1.29, 1.82) is 0 Å². The molecule has 0 atom stereocenters. The number of ether oxygens (including phenoxy) is 3. The lowest BCUT2D eigenvalue weighted by atomic mass is 9.98. The molecule has 4 rings (SSSR count). The first-order valence-electron chi connectivity index (χ1n) is 11.3. The highest BCUT2D eigenvalue weighted by Gasteiger charge is 2.28. The molecule has 0 spiro atoms. The summed E-state index contributed by atoms with van der Waals surface area (Å²) < 4.78 is 16.6. The molecular formula is C27H29NO6. The molecule has 1 amide bonds. The number of hydrogen-bond acceptors (Lipinski definition) is 6. The molecule has 0 radical (unpaired) electrons. The normalized spacial score (nSPS) is 12.2. The minimum absolute atomic E-state index is 0.0298. The second-order valence-electron chi connectivity index (χ2n) is 8.01. The third kappa shape index (κ3) is 5.75. The zero-order valence-corrected chi connectivity index (χ0v) is 18.9. The van der Waals surface area contributed by atoms with Crippen LogP contribution in [0.25, 0.3) is 11.1 Å². The first-order chi connectivity index (χ1) is 16.7. The fourth-order valence-electron chi connectivity index (χ4n) is 4.19. The molecule has 0 saturated heterocycles. The van der Waals surface area contributed by atoms with Crippen LogP contribution in [0.3, 0.4) is 0 Å². The number of nitrogens with one attached hydrogen (secondary N) is 1. The monoisotopic (exact) mass is 463 g/mol. The van der Waals surface area contributed by atoms with Crippen LogP contribution in [0, 0.1) is 0 Å². The molecule has 34 heavy (non-hydrogen) atoms. The average molecular weight is 464 g/mol. The molecule has 0 saturated carbocycles. The fraction of sp³-hybridized carbons (Fsp3) is 0.296. The Morgan fingerprint density at radius 1 is 0.824 bits per heavy atom. The van der Waals surface area contributed by atoms with Gasteiger partial charge in [0.1, 0.15) is 19.0 Å². The van der Waals surface area contributed by atoms with E-state index in [1.807, 2.05) is 24.3 Å². The Morgan fingerprint density at radius 2 is 1.44 bits per heavy atom. The molecule has 178 valence electrons. The number of alkyl carbamates (subject to hydrolysis) is 1. The van der Waals surface area contributed by atoms with Gasteiger partial charge in [-0.2, -0.15) is 0 Å². The van der Waals surface area contributed by atoms with E-state index in [0.717, 1.165) is 0 Å². The highest BCUT2D eigenvalue weighted by Crippen LogP contribution is 2.44. The van der Waals surface area contributed by atoms with Crippen LogP contribution in [0.5, 0.6) is 5.75 Å². The van der Waals surface area contributed by atoms with Crippen molar-refractivity contribution in [1.82, 2.24) is 5.32 Å². The zero-order chi connectivity index (χ0) is 23.8. The number of carbonyl (C=O) groups is 1. The summed E-state index contributed by atoms with van der Waals surface area (Å²) in [5.74, 6) is 0.596. The molecule has 3 N–H and O–H groups in total. The van der Waals surface area contributed by atoms with Crippen LogP contribution in [0.2, 0.25) is 0 Å². The van der Waals surface area contributed by atoms with Gasteiger partial charge in [-0.15, -0.1) is 0 Å². The molecular weight excluding hydrogens is 434 g/mol. The van der Waals surface area contributed by atoms with Gasteiger partial charge in [0.15, 0.2) is 0 Å². The second kappa shape index (κ2) is 11.7. The predicted molar refractivity (Wildman–Crippen MR) is 128 cm³/mol. The van der Waals surface area contributed by atoms with Gasteiger partial charge in [-0.05, 0) is 45.5 Å². The van der Waals surface area contributed by atoms with Gasteiger partial charge >= 0.3 is 6.09 Å². The van der Waals surface area contributed by atoms with E-state index in [2.05, 4.69) is 29.6 Å². The number of aliphatic hydroxyl groups is 2. The Morgan fingerprint density at radius 3 is 2.06 bits per heavy atom.